The van der Waals surface area contributed by atoms with Gasteiger partial charge in [-0.3, -0.25) is 9.67 Å². The molecule has 0 amide bonds. The SMILES string of the molecule is COc1cccc(-n2cnnc2SCCCc2cn[nH]c2)c1. The standard InChI is InChI=1S/C15H17N5OS/c1-21-14-6-2-5-13(8-14)20-11-18-19-15(20)22-7-3-4-12-9-16-17-10-12/h2,5-6,8-11H,3-4,7H2,1H3,(H,16,17). The summed E-state index contributed by atoms with van der Waals surface area (Å²) in [5, 5.41) is 15.9. The molecule has 6 nitrogen and oxygen atoms in total. The number of H-pyrrole nitrogens is 1. The Labute approximate surface area is 132 Å². The molecule has 22 heavy (non-hydrogen) atoms. The van der Waals surface area contributed by atoms with E-state index < -0.39 is 0 Å². The summed E-state index contributed by atoms with van der Waals surface area (Å²) in [5.41, 5.74) is 2.23. The van der Waals surface area contributed by atoms with Crippen LogP contribution in [-0.2, 0) is 6.42 Å². The predicted octanol–water partition coefficient (Wildman–Crippen LogP) is 2.72. The van der Waals surface area contributed by atoms with Gasteiger partial charge in [0.1, 0.15) is 12.1 Å². The highest BCUT2D eigenvalue weighted by Gasteiger charge is 2.08. The molecule has 3 rings (SSSR count). The van der Waals surface area contributed by atoms with Crippen LogP contribution in [0.2, 0.25) is 0 Å². The molecule has 0 atom stereocenters. The Morgan fingerprint density at radius 1 is 1.36 bits per heavy atom. The number of thioether (sulfide) groups is 1. The number of nitrogens with one attached hydrogen (secondary N) is 1. The zero-order valence-electron chi connectivity index (χ0n) is 12.3. The first kappa shape index (κ1) is 14.6. The van der Waals surface area contributed by atoms with E-state index >= 15 is 0 Å². The lowest BCUT2D eigenvalue weighted by Crippen LogP contribution is -1.97. The highest BCUT2D eigenvalue weighted by Crippen LogP contribution is 2.23. The zero-order valence-corrected chi connectivity index (χ0v) is 13.1. The Balaban J connectivity index is 1.62. The van der Waals surface area contributed by atoms with E-state index in [-0.39, 0.29) is 0 Å². The summed E-state index contributed by atoms with van der Waals surface area (Å²) in [5.74, 6) is 1.80. The lowest BCUT2D eigenvalue weighted by atomic mass is 10.2. The van der Waals surface area contributed by atoms with Gasteiger partial charge < -0.3 is 4.74 Å². The average molecular weight is 315 g/mol. The first-order valence-electron chi connectivity index (χ1n) is 7.02. The molecule has 0 saturated heterocycles. The van der Waals surface area contributed by atoms with E-state index in [9.17, 15) is 0 Å². The van der Waals surface area contributed by atoms with Crippen molar-refractivity contribution in [2.75, 3.05) is 12.9 Å². The minimum Gasteiger partial charge on any atom is -0.497 e. The molecular weight excluding hydrogens is 298 g/mol. The van der Waals surface area contributed by atoms with E-state index in [0.717, 1.165) is 35.2 Å². The number of hydrogen-bond donors (Lipinski definition) is 1. The first-order valence-corrected chi connectivity index (χ1v) is 8.00. The third-order valence-electron chi connectivity index (χ3n) is 3.24. The Morgan fingerprint density at radius 2 is 2.32 bits per heavy atom. The van der Waals surface area contributed by atoms with E-state index in [2.05, 4.69) is 20.4 Å². The highest BCUT2D eigenvalue weighted by molar-refractivity contribution is 7.99. The summed E-state index contributed by atoms with van der Waals surface area (Å²) in [7, 11) is 1.66. The van der Waals surface area contributed by atoms with Crippen molar-refractivity contribution in [1.82, 2.24) is 25.0 Å². The molecule has 0 spiro atoms. The topological polar surface area (TPSA) is 68.6 Å². The maximum Gasteiger partial charge on any atom is 0.195 e. The number of hydrogen-bond acceptors (Lipinski definition) is 5. The van der Waals surface area contributed by atoms with Gasteiger partial charge in [0.05, 0.1) is 19.0 Å². The second-order valence-electron chi connectivity index (χ2n) is 4.74. The van der Waals surface area contributed by atoms with Crippen LogP contribution in [-0.4, -0.2) is 37.8 Å². The van der Waals surface area contributed by atoms with Crippen molar-refractivity contribution >= 4 is 11.8 Å². The van der Waals surface area contributed by atoms with Crippen LogP contribution in [0.25, 0.3) is 5.69 Å². The van der Waals surface area contributed by atoms with E-state index in [0.29, 0.717) is 0 Å². The van der Waals surface area contributed by atoms with Crippen molar-refractivity contribution in [3.8, 4) is 11.4 Å². The lowest BCUT2D eigenvalue weighted by molar-refractivity contribution is 0.414. The number of benzene rings is 1. The number of aromatic nitrogens is 5. The van der Waals surface area contributed by atoms with Crippen molar-refractivity contribution < 1.29 is 4.74 Å². The maximum absolute atomic E-state index is 5.26. The number of aromatic amines is 1. The molecule has 0 aliphatic carbocycles. The third-order valence-corrected chi connectivity index (χ3v) is 4.27. The Bertz CT molecular complexity index is 710. The van der Waals surface area contributed by atoms with E-state index in [4.69, 9.17) is 4.74 Å². The van der Waals surface area contributed by atoms with Crippen LogP contribution < -0.4 is 4.74 Å². The molecule has 1 N–H and O–H groups in total. The molecule has 7 heteroatoms. The Hall–Kier alpha value is -2.28. The molecule has 0 aliphatic heterocycles. The van der Waals surface area contributed by atoms with E-state index in [1.165, 1.54) is 5.56 Å². The van der Waals surface area contributed by atoms with Crippen molar-refractivity contribution in [2.45, 2.75) is 18.0 Å². The molecular formula is C15H17N5OS. The summed E-state index contributed by atoms with van der Waals surface area (Å²) >= 11 is 1.70. The van der Waals surface area contributed by atoms with Gasteiger partial charge in [0.25, 0.3) is 0 Å². The van der Waals surface area contributed by atoms with Gasteiger partial charge in [0.15, 0.2) is 5.16 Å². The summed E-state index contributed by atoms with van der Waals surface area (Å²) in [6.45, 7) is 0. The molecule has 2 aromatic heterocycles. The smallest absolute Gasteiger partial charge is 0.195 e. The summed E-state index contributed by atoms with van der Waals surface area (Å²) in [6, 6.07) is 7.87. The van der Waals surface area contributed by atoms with Crippen LogP contribution in [0.15, 0.2) is 48.1 Å². The predicted molar refractivity (Wildman–Crippen MR) is 85.5 cm³/mol. The monoisotopic (exact) mass is 315 g/mol. The third kappa shape index (κ3) is 3.48. The van der Waals surface area contributed by atoms with Gasteiger partial charge in [-0.25, -0.2) is 0 Å². The molecule has 3 aromatic rings. The molecule has 1 aromatic carbocycles. The summed E-state index contributed by atoms with van der Waals surface area (Å²) < 4.78 is 7.24. The minimum absolute atomic E-state index is 0.821. The zero-order chi connectivity index (χ0) is 15.2. The molecule has 0 unspecified atom stereocenters. The molecule has 0 fully saturated rings. The fourth-order valence-electron chi connectivity index (χ4n) is 2.11. The second kappa shape index (κ2) is 7.13. The first-order chi connectivity index (χ1) is 10.9. The van der Waals surface area contributed by atoms with Gasteiger partial charge >= 0.3 is 0 Å². The van der Waals surface area contributed by atoms with Crippen molar-refractivity contribution in [3.05, 3.63) is 48.5 Å². The van der Waals surface area contributed by atoms with Crippen molar-refractivity contribution in [2.24, 2.45) is 0 Å². The largest absolute Gasteiger partial charge is 0.497 e. The van der Waals surface area contributed by atoms with Gasteiger partial charge in [-0.1, -0.05) is 17.8 Å². The van der Waals surface area contributed by atoms with Crippen LogP contribution in [0.5, 0.6) is 5.75 Å². The number of rotatable bonds is 7. The van der Waals surface area contributed by atoms with E-state index in [1.54, 1.807) is 25.2 Å². The molecule has 0 radical (unpaired) electrons. The Morgan fingerprint density at radius 3 is 3.14 bits per heavy atom. The molecule has 0 aliphatic rings. The van der Waals surface area contributed by atoms with Gasteiger partial charge in [0.2, 0.25) is 0 Å². The van der Waals surface area contributed by atoms with E-state index in [1.807, 2.05) is 41.2 Å². The van der Waals surface area contributed by atoms with Gasteiger partial charge in [-0.15, -0.1) is 10.2 Å². The normalized spacial score (nSPS) is 10.8. The fraction of sp³-hybridized carbons (Fsp3) is 0.267. The molecule has 114 valence electrons. The van der Waals surface area contributed by atoms with Crippen LogP contribution in [0.4, 0.5) is 0 Å². The van der Waals surface area contributed by atoms with Crippen molar-refractivity contribution in [3.63, 3.8) is 0 Å². The molecule has 0 bridgehead atoms. The van der Waals surface area contributed by atoms with Gasteiger partial charge in [-0.2, -0.15) is 5.10 Å². The summed E-state index contributed by atoms with van der Waals surface area (Å²) in [4.78, 5) is 0. The van der Waals surface area contributed by atoms with Crippen LogP contribution in [0.3, 0.4) is 0 Å². The second-order valence-corrected chi connectivity index (χ2v) is 5.81. The maximum atomic E-state index is 5.26. The summed E-state index contributed by atoms with van der Waals surface area (Å²) in [6.07, 6.45) is 7.60. The van der Waals surface area contributed by atoms with Gasteiger partial charge in [0, 0.05) is 18.0 Å². The van der Waals surface area contributed by atoms with Gasteiger partial charge in [-0.05, 0) is 30.5 Å². The lowest BCUT2D eigenvalue weighted by Gasteiger charge is -2.07. The van der Waals surface area contributed by atoms with Crippen molar-refractivity contribution in [1.29, 1.82) is 0 Å². The number of ether oxygens (including phenoxy) is 1. The number of methoxy groups -OCH3 is 1. The average Bonchev–Trinajstić information content (AvgIpc) is 3.23. The highest BCUT2D eigenvalue weighted by atomic mass is 32.2. The molecule has 2 heterocycles. The minimum atomic E-state index is 0.821. The van der Waals surface area contributed by atoms with Crippen LogP contribution >= 0.6 is 11.8 Å². The molecule has 0 saturated carbocycles. The quantitative estimate of drug-likeness (QED) is 0.536. The fourth-order valence-corrected chi connectivity index (χ4v) is 2.98. The van der Waals surface area contributed by atoms with Crippen LogP contribution in [0.1, 0.15) is 12.0 Å². The Kier molecular flexibility index (Phi) is 4.75. The van der Waals surface area contributed by atoms with Crippen LogP contribution in [0, 0.1) is 0 Å². The number of nitrogens with zero attached hydrogens (tertiary/aromatic N) is 4. The number of aryl methyl sites for hydroxylation is 1.